The quantitative estimate of drug-likeness (QED) is 0.830. The van der Waals surface area contributed by atoms with Gasteiger partial charge in [-0.15, -0.1) is 0 Å². The van der Waals surface area contributed by atoms with Crippen molar-refractivity contribution < 1.29 is 9.47 Å². The summed E-state index contributed by atoms with van der Waals surface area (Å²) in [5, 5.41) is 0. The normalized spacial score (nSPS) is 24.4. The number of rotatable bonds is 4. The number of hydrogen-bond acceptors (Lipinski definition) is 6. The lowest BCUT2D eigenvalue weighted by Crippen LogP contribution is -2.47. The summed E-state index contributed by atoms with van der Waals surface area (Å²) in [6.07, 6.45) is 4.21. The van der Waals surface area contributed by atoms with E-state index in [-0.39, 0.29) is 6.10 Å². The average Bonchev–Trinajstić information content (AvgIpc) is 2.56. The highest BCUT2D eigenvalue weighted by atomic mass is 16.6. The van der Waals surface area contributed by atoms with Crippen LogP contribution in [0.25, 0.3) is 0 Å². The first-order valence-corrected chi connectivity index (χ1v) is 8.15. The van der Waals surface area contributed by atoms with Crippen molar-refractivity contribution in [1.29, 1.82) is 0 Å². The monoisotopic (exact) mass is 306 g/mol. The van der Waals surface area contributed by atoms with Crippen LogP contribution in [0.1, 0.15) is 18.5 Å². The number of aromatic nitrogens is 2. The van der Waals surface area contributed by atoms with Gasteiger partial charge in [-0.05, 0) is 19.8 Å². The molecule has 1 aromatic rings. The van der Waals surface area contributed by atoms with Crippen LogP contribution in [0.15, 0.2) is 12.4 Å². The SMILES string of the molecule is Cc1cc(N(C)C2CCN(CC3COCCO3)CC2)ncn1. The molecule has 2 saturated heterocycles. The van der Waals surface area contributed by atoms with Gasteiger partial charge in [-0.2, -0.15) is 0 Å². The zero-order valence-electron chi connectivity index (χ0n) is 13.6. The first-order chi connectivity index (χ1) is 10.7. The second-order valence-electron chi connectivity index (χ2n) is 6.23. The third-order valence-corrected chi connectivity index (χ3v) is 4.60. The minimum atomic E-state index is 0.243. The molecule has 0 amide bonds. The molecule has 1 atom stereocenters. The molecule has 122 valence electrons. The van der Waals surface area contributed by atoms with Crippen molar-refractivity contribution in [1.82, 2.24) is 14.9 Å². The number of aryl methyl sites for hydroxylation is 1. The van der Waals surface area contributed by atoms with E-state index < -0.39 is 0 Å². The predicted molar refractivity (Wildman–Crippen MR) is 85.2 cm³/mol. The Morgan fingerprint density at radius 3 is 2.77 bits per heavy atom. The molecule has 0 aliphatic carbocycles. The molecule has 0 bridgehead atoms. The molecule has 22 heavy (non-hydrogen) atoms. The van der Waals surface area contributed by atoms with E-state index in [1.807, 2.05) is 6.92 Å². The Morgan fingerprint density at radius 1 is 1.27 bits per heavy atom. The standard InChI is InChI=1S/C16H26N4O2/c1-13-9-16(18-12-17-13)19(2)14-3-5-20(6-4-14)10-15-11-21-7-8-22-15/h9,12,14-15H,3-8,10-11H2,1-2H3. The van der Waals surface area contributed by atoms with E-state index in [1.54, 1.807) is 6.33 Å². The van der Waals surface area contributed by atoms with Gasteiger partial charge in [0.1, 0.15) is 12.1 Å². The Hall–Kier alpha value is -1.24. The van der Waals surface area contributed by atoms with Crippen LogP contribution in [-0.4, -0.2) is 73.5 Å². The molecule has 3 rings (SSSR count). The van der Waals surface area contributed by atoms with E-state index in [0.29, 0.717) is 6.04 Å². The van der Waals surface area contributed by atoms with Crippen LogP contribution in [0, 0.1) is 6.92 Å². The van der Waals surface area contributed by atoms with Gasteiger partial charge in [0, 0.05) is 44.5 Å². The number of ether oxygens (including phenoxy) is 2. The van der Waals surface area contributed by atoms with Crippen molar-refractivity contribution in [2.45, 2.75) is 31.9 Å². The van der Waals surface area contributed by atoms with Crippen LogP contribution < -0.4 is 4.90 Å². The fourth-order valence-corrected chi connectivity index (χ4v) is 3.24. The zero-order valence-corrected chi connectivity index (χ0v) is 13.6. The third kappa shape index (κ3) is 3.94. The van der Waals surface area contributed by atoms with Crippen LogP contribution in [0.5, 0.6) is 0 Å². The van der Waals surface area contributed by atoms with Crippen LogP contribution in [-0.2, 0) is 9.47 Å². The fraction of sp³-hybridized carbons (Fsp3) is 0.750. The number of piperidine rings is 1. The topological polar surface area (TPSA) is 50.7 Å². The summed E-state index contributed by atoms with van der Waals surface area (Å²) in [5.41, 5.74) is 1.02. The molecule has 1 unspecified atom stereocenters. The molecule has 6 heteroatoms. The summed E-state index contributed by atoms with van der Waals surface area (Å²) in [4.78, 5) is 13.4. The molecule has 0 radical (unpaired) electrons. The third-order valence-electron chi connectivity index (χ3n) is 4.60. The van der Waals surface area contributed by atoms with Crippen molar-refractivity contribution in [3.05, 3.63) is 18.1 Å². The van der Waals surface area contributed by atoms with E-state index in [4.69, 9.17) is 9.47 Å². The zero-order chi connectivity index (χ0) is 15.4. The van der Waals surface area contributed by atoms with Gasteiger partial charge in [0.15, 0.2) is 0 Å². The molecule has 0 N–H and O–H groups in total. The number of hydrogen-bond donors (Lipinski definition) is 0. The lowest BCUT2D eigenvalue weighted by atomic mass is 10.0. The Balaban J connectivity index is 1.48. The van der Waals surface area contributed by atoms with Gasteiger partial charge in [0.2, 0.25) is 0 Å². The van der Waals surface area contributed by atoms with Crippen LogP contribution in [0.4, 0.5) is 5.82 Å². The van der Waals surface area contributed by atoms with Crippen molar-refractivity contribution in [2.24, 2.45) is 0 Å². The molecule has 1 aromatic heterocycles. The largest absolute Gasteiger partial charge is 0.376 e. The van der Waals surface area contributed by atoms with Crippen molar-refractivity contribution >= 4 is 5.82 Å². The molecule has 2 aliphatic rings. The maximum absolute atomic E-state index is 5.74. The molecular weight excluding hydrogens is 280 g/mol. The number of likely N-dealkylation sites (tertiary alicyclic amines) is 1. The average molecular weight is 306 g/mol. The summed E-state index contributed by atoms with van der Waals surface area (Å²) in [6.45, 7) is 7.42. The van der Waals surface area contributed by atoms with Gasteiger partial charge in [-0.3, -0.25) is 0 Å². The van der Waals surface area contributed by atoms with E-state index in [1.165, 1.54) is 0 Å². The molecule has 0 saturated carbocycles. The van der Waals surface area contributed by atoms with E-state index >= 15 is 0 Å². The molecule has 0 spiro atoms. The Bertz CT molecular complexity index is 471. The molecule has 0 aromatic carbocycles. The van der Waals surface area contributed by atoms with Crippen molar-refractivity contribution in [3.63, 3.8) is 0 Å². The van der Waals surface area contributed by atoms with Crippen molar-refractivity contribution in [3.8, 4) is 0 Å². The van der Waals surface area contributed by atoms with Gasteiger partial charge in [-0.25, -0.2) is 9.97 Å². The highest BCUT2D eigenvalue weighted by molar-refractivity contribution is 5.39. The lowest BCUT2D eigenvalue weighted by Gasteiger charge is -2.38. The van der Waals surface area contributed by atoms with Gasteiger partial charge in [0.25, 0.3) is 0 Å². The summed E-state index contributed by atoms with van der Waals surface area (Å²) in [5.74, 6) is 1.02. The molecule has 2 fully saturated rings. The number of anilines is 1. The Morgan fingerprint density at radius 2 is 2.09 bits per heavy atom. The van der Waals surface area contributed by atoms with E-state index in [9.17, 15) is 0 Å². The maximum Gasteiger partial charge on any atom is 0.132 e. The highest BCUT2D eigenvalue weighted by Crippen LogP contribution is 2.21. The molecule has 3 heterocycles. The second-order valence-corrected chi connectivity index (χ2v) is 6.23. The lowest BCUT2D eigenvalue weighted by molar-refractivity contribution is -0.0987. The van der Waals surface area contributed by atoms with E-state index in [2.05, 4.69) is 32.9 Å². The summed E-state index contributed by atoms with van der Waals surface area (Å²) >= 11 is 0. The summed E-state index contributed by atoms with van der Waals surface area (Å²) in [6, 6.07) is 2.61. The van der Waals surface area contributed by atoms with Gasteiger partial charge in [0.05, 0.1) is 25.9 Å². The fourth-order valence-electron chi connectivity index (χ4n) is 3.24. The minimum Gasteiger partial charge on any atom is -0.376 e. The summed E-state index contributed by atoms with van der Waals surface area (Å²) in [7, 11) is 2.14. The van der Waals surface area contributed by atoms with Crippen LogP contribution in [0.3, 0.4) is 0 Å². The van der Waals surface area contributed by atoms with Crippen LogP contribution in [0.2, 0.25) is 0 Å². The number of nitrogens with zero attached hydrogens (tertiary/aromatic N) is 4. The first kappa shape index (κ1) is 15.6. The molecule has 2 aliphatic heterocycles. The second kappa shape index (κ2) is 7.35. The maximum atomic E-state index is 5.74. The van der Waals surface area contributed by atoms with Crippen molar-refractivity contribution in [2.75, 3.05) is 51.4 Å². The Kier molecular flexibility index (Phi) is 5.23. The van der Waals surface area contributed by atoms with Gasteiger partial charge < -0.3 is 19.3 Å². The van der Waals surface area contributed by atoms with Gasteiger partial charge >= 0.3 is 0 Å². The molecule has 6 nitrogen and oxygen atoms in total. The highest BCUT2D eigenvalue weighted by Gasteiger charge is 2.26. The van der Waals surface area contributed by atoms with E-state index in [0.717, 1.165) is 63.8 Å². The van der Waals surface area contributed by atoms with Crippen LogP contribution >= 0.6 is 0 Å². The Labute approximate surface area is 132 Å². The smallest absolute Gasteiger partial charge is 0.132 e. The minimum absolute atomic E-state index is 0.243. The predicted octanol–water partition coefficient (Wildman–Crippen LogP) is 1.10. The summed E-state index contributed by atoms with van der Waals surface area (Å²) < 4.78 is 11.2. The molecular formula is C16H26N4O2. The van der Waals surface area contributed by atoms with Gasteiger partial charge in [-0.1, -0.05) is 0 Å². The first-order valence-electron chi connectivity index (χ1n) is 8.15.